The lowest BCUT2D eigenvalue weighted by Crippen LogP contribution is -2.19. The van der Waals surface area contributed by atoms with E-state index in [1.54, 1.807) is 0 Å². The molecule has 0 aliphatic carbocycles. The average molecular weight is 284 g/mol. The molecule has 0 amide bonds. The summed E-state index contributed by atoms with van der Waals surface area (Å²) in [4.78, 5) is 0. The van der Waals surface area contributed by atoms with Crippen LogP contribution in [0.25, 0.3) is 0 Å². The molecule has 0 aromatic heterocycles. The first-order chi connectivity index (χ1) is 7.66. The lowest BCUT2D eigenvalue weighted by atomic mass is 10.1. The van der Waals surface area contributed by atoms with Crippen LogP contribution >= 0.6 is 15.9 Å². The minimum absolute atomic E-state index is 0.682. The highest BCUT2D eigenvalue weighted by Crippen LogP contribution is 2.32. The van der Waals surface area contributed by atoms with E-state index in [1.807, 2.05) is 0 Å². The van der Waals surface area contributed by atoms with Gasteiger partial charge in [0.25, 0.3) is 0 Å². The molecule has 1 aromatic rings. The molecule has 0 bridgehead atoms. The van der Waals surface area contributed by atoms with E-state index >= 15 is 0 Å². The van der Waals surface area contributed by atoms with Gasteiger partial charge in [-0.05, 0) is 30.2 Å². The Kier molecular flexibility index (Phi) is 3.87. The summed E-state index contributed by atoms with van der Waals surface area (Å²) in [6.45, 7) is 7.19. The van der Waals surface area contributed by atoms with Gasteiger partial charge in [-0.15, -0.1) is 0 Å². The van der Waals surface area contributed by atoms with Crippen molar-refractivity contribution in [3.63, 3.8) is 0 Å². The van der Waals surface area contributed by atoms with E-state index in [9.17, 15) is 0 Å². The highest BCUT2D eigenvalue weighted by Gasteiger charge is 2.16. The number of fused-ring (bicyclic) bond motifs is 1. The van der Waals surface area contributed by atoms with Gasteiger partial charge in [0.15, 0.2) is 0 Å². The summed E-state index contributed by atoms with van der Waals surface area (Å²) in [7, 11) is 0. The summed E-state index contributed by atoms with van der Waals surface area (Å²) in [6.07, 6.45) is 1.03. The van der Waals surface area contributed by atoms with E-state index in [-0.39, 0.29) is 0 Å². The van der Waals surface area contributed by atoms with Gasteiger partial charge in [0.05, 0.1) is 6.61 Å². The fourth-order valence-electron chi connectivity index (χ4n) is 1.97. The maximum Gasteiger partial charge on any atom is 0.127 e. The molecule has 2 nitrogen and oxygen atoms in total. The first kappa shape index (κ1) is 11.9. The summed E-state index contributed by atoms with van der Waals surface area (Å²) in [5, 5.41) is 3.46. The number of hydrogen-bond acceptors (Lipinski definition) is 2. The number of nitrogens with one attached hydrogen (secondary N) is 1. The van der Waals surface area contributed by atoms with Crippen molar-refractivity contribution in [1.82, 2.24) is 5.32 Å². The highest BCUT2D eigenvalue weighted by molar-refractivity contribution is 9.10. The van der Waals surface area contributed by atoms with Gasteiger partial charge in [-0.3, -0.25) is 0 Å². The van der Waals surface area contributed by atoms with Crippen molar-refractivity contribution in [3.05, 3.63) is 27.7 Å². The van der Waals surface area contributed by atoms with Crippen LogP contribution in [-0.4, -0.2) is 13.2 Å². The predicted molar refractivity (Wildman–Crippen MR) is 69.9 cm³/mol. The maximum atomic E-state index is 5.68. The molecule has 88 valence electrons. The van der Waals surface area contributed by atoms with Crippen LogP contribution in [-0.2, 0) is 13.0 Å². The van der Waals surface area contributed by atoms with Crippen LogP contribution in [0.4, 0.5) is 0 Å². The molecule has 1 heterocycles. The van der Waals surface area contributed by atoms with Crippen molar-refractivity contribution in [3.8, 4) is 5.75 Å². The average Bonchev–Trinajstić information content (AvgIpc) is 2.64. The van der Waals surface area contributed by atoms with Crippen LogP contribution < -0.4 is 10.1 Å². The molecule has 16 heavy (non-hydrogen) atoms. The molecule has 0 radical (unpaired) electrons. The van der Waals surface area contributed by atoms with Gasteiger partial charge in [-0.2, -0.15) is 0 Å². The van der Waals surface area contributed by atoms with Gasteiger partial charge < -0.3 is 10.1 Å². The first-order valence-corrected chi connectivity index (χ1v) is 6.61. The Hall–Kier alpha value is -0.540. The number of ether oxygens (including phenoxy) is 1. The Morgan fingerprint density at radius 3 is 3.00 bits per heavy atom. The summed E-state index contributed by atoms with van der Waals surface area (Å²) < 4.78 is 6.83. The lowest BCUT2D eigenvalue weighted by Gasteiger charge is -2.11. The van der Waals surface area contributed by atoms with Crippen LogP contribution in [0.15, 0.2) is 16.6 Å². The fourth-order valence-corrected chi connectivity index (χ4v) is 2.53. The maximum absolute atomic E-state index is 5.68. The van der Waals surface area contributed by atoms with Gasteiger partial charge in [-0.1, -0.05) is 29.8 Å². The Morgan fingerprint density at radius 2 is 2.25 bits per heavy atom. The largest absolute Gasteiger partial charge is 0.493 e. The molecular weight excluding hydrogens is 266 g/mol. The van der Waals surface area contributed by atoms with Gasteiger partial charge in [0, 0.05) is 23.0 Å². The Labute approximate surface area is 106 Å². The third-order valence-electron chi connectivity index (χ3n) is 2.69. The van der Waals surface area contributed by atoms with Crippen LogP contribution in [0.3, 0.4) is 0 Å². The zero-order valence-corrected chi connectivity index (χ0v) is 11.4. The van der Waals surface area contributed by atoms with E-state index < -0.39 is 0 Å². The normalized spacial score (nSPS) is 14.0. The van der Waals surface area contributed by atoms with E-state index in [0.29, 0.717) is 5.92 Å². The van der Waals surface area contributed by atoms with Crippen molar-refractivity contribution in [2.75, 3.05) is 13.2 Å². The van der Waals surface area contributed by atoms with E-state index in [1.165, 1.54) is 11.1 Å². The van der Waals surface area contributed by atoms with Crippen molar-refractivity contribution in [2.24, 2.45) is 5.92 Å². The molecule has 1 aliphatic heterocycles. The van der Waals surface area contributed by atoms with Crippen molar-refractivity contribution in [1.29, 1.82) is 0 Å². The third-order valence-corrected chi connectivity index (χ3v) is 3.15. The summed E-state index contributed by atoms with van der Waals surface area (Å²) >= 11 is 3.55. The van der Waals surface area contributed by atoms with Crippen molar-refractivity contribution < 1.29 is 4.74 Å². The fraction of sp³-hybridized carbons (Fsp3) is 0.538. The zero-order chi connectivity index (χ0) is 11.5. The monoisotopic (exact) mass is 283 g/mol. The van der Waals surface area contributed by atoms with E-state index in [0.717, 1.165) is 36.3 Å². The second-order valence-corrected chi connectivity index (χ2v) is 5.59. The zero-order valence-electron chi connectivity index (χ0n) is 9.85. The van der Waals surface area contributed by atoms with Gasteiger partial charge in [0.2, 0.25) is 0 Å². The second-order valence-electron chi connectivity index (χ2n) is 4.68. The minimum Gasteiger partial charge on any atom is -0.493 e. The van der Waals surface area contributed by atoms with Crippen molar-refractivity contribution >= 4 is 15.9 Å². The molecule has 1 aromatic carbocycles. The molecule has 0 spiro atoms. The SMILES string of the molecule is CC(C)CNCc1cc(Br)cc2c1OCC2. The summed E-state index contributed by atoms with van der Waals surface area (Å²) in [6, 6.07) is 4.31. The van der Waals surface area contributed by atoms with Crippen molar-refractivity contribution in [2.45, 2.75) is 26.8 Å². The molecule has 1 aliphatic rings. The molecule has 1 N–H and O–H groups in total. The smallest absolute Gasteiger partial charge is 0.127 e. The van der Waals surface area contributed by atoms with Gasteiger partial charge in [-0.25, -0.2) is 0 Å². The van der Waals surface area contributed by atoms with Crippen LogP contribution in [0.5, 0.6) is 5.75 Å². The lowest BCUT2D eigenvalue weighted by molar-refractivity contribution is 0.352. The second kappa shape index (κ2) is 5.19. The number of hydrogen-bond donors (Lipinski definition) is 1. The summed E-state index contributed by atoms with van der Waals surface area (Å²) in [5.41, 5.74) is 2.60. The standard InChI is InChI=1S/C13H18BrNO/c1-9(2)7-15-8-11-6-12(14)5-10-3-4-16-13(10)11/h5-6,9,15H,3-4,7-8H2,1-2H3. The molecule has 0 fully saturated rings. The van der Waals surface area contributed by atoms with Crippen LogP contribution in [0, 0.1) is 5.92 Å². The molecule has 2 rings (SSSR count). The number of halogens is 1. The topological polar surface area (TPSA) is 21.3 Å². The van der Waals surface area contributed by atoms with E-state index in [4.69, 9.17) is 4.74 Å². The van der Waals surface area contributed by atoms with Crippen LogP contribution in [0.2, 0.25) is 0 Å². The Bertz CT molecular complexity index is 376. The predicted octanol–water partition coefficient (Wildman–Crippen LogP) is 3.13. The molecule has 0 atom stereocenters. The first-order valence-electron chi connectivity index (χ1n) is 5.81. The molecule has 0 saturated heterocycles. The Balaban J connectivity index is 2.08. The molecule has 0 saturated carbocycles. The quantitative estimate of drug-likeness (QED) is 0.917. The van der Waals surface area contributed by atoms with Gasteiger partial charge in [0.1, 0.15) is 5.75 Å². The third kappa shape index (κ3) is 2.77. The van der Waals surface area contributed by atoms with Crippen LogP contribution in [0.1, 0.15) is 25.0 Å². The molecule has 0 unspecified atom stereocenters. The molecule has 3 heteroatoms. The molecular formula is C13H18BrNO. The van der Waals surface area contributed by atoms with Gasteiger partial charge >= 0.3 is 0 Å². The number of rotatable bonds is 4. The Morgan fingerprint density at radius 1 is 1.44 bits per heavy atom. The number of benzene rings is 1. The highest BCUT2D eigenvalue weighted by atomic mass is 79.9. The summed E-state index contributed by atoms with van der Waals surface area (Å²) in [5.74, 6) is 1.78. The minimum atomic E-state index is 0.682. The van der Waals surface area contributed by atoms with E-state index in [2.05, 4.69) is 47.2 Å².